The SMILES string of the molecule is COc1ccc(/C=C/c2nc3s/c(=C\c4ccc(OCc5ccccc5)c(OC)c4)c(=O)n3n2)cc1OC. The van der Waals surface area contributed by atoms with Crippen LogP contribution in [0.3, 0.4) is 0 Å². The summed E-state index contributed by atoms with van der Waals surface area (Å²) in [7, 11) is 4.77. The molecule has 0 aliphatic rings. The highest BCUT2D eigenvalue weighted by Crippen LogP contribution is 2.30. The van der Waals surface area contributed by atoms with Crippen LogP contribution in [0.25, 0.3) is 23.2 Å². The van der Waals surface area contributed by atoms with Crippen molar-refractivity contribution in [3.05, 3.63) is 104 Å². The fourth-order valence-corrected chi connectivity index (χ4v) is 4.74. The third kappa shape index (κ3) is 5.37. The van der Waals surface area contributed by atoms with Gasteiger partial charge in [0, 0.05) is 0 Å². The van der Waals surface area contributed by atoms with E-state index in [0.29, 0.717) is 44.9 Å². The first-order valence-corrected chi connectivity index (χ1v) is 12.6. The maximum Gasteiger partial charge on any atom is 0.291 e. The highest BCUT2D eigenvalue weighted by atomic mass is 32.1. The van der Waals surface area contributed by atoms with Crippen molar-refractivity contribution < 1.29 is 18.9 Å². The van der Waals surface area contributed by atoms with Gasteiger partial charge in [-0.3, -0.25) is 4.79 Å². The van der Waals surface area contributed by atoms with Gasteiger partial charge in [0.1, 0.15) is 6.61 Å². The van der Waals surface area contributed by atoms with Crippen LogP contribution in [0.15, 0.2) is 71.5 Å². The summed E-state index contributed by atoms with van der Waals surface area (Å²) in [4.78, 5) is 18.0. The quantitative estimate of drug-likeness (QED) is 0.280. The van der Waals surface area contributed by atoms with Crippen LogP contribution in [0.4, 0.5) is 0 Å². The second-order valence-electron chi connectivity index (χ2n) is 8.21. The molecule has 0 atom stereocenters. The number of thiazole rings is 1. The van der Waals surface area contributed by atoms with Crippen molar-refractivity contribution in [2.24, 2.45) is 0 Å². The molecule has 2 aromatic heterocycles. The lowest BCUT2D eigenvalue weighted by molar-refractivity contribution is 0.284. The van der Waals surface area contributed by atoms with E-state index in [1.54, 1.807) is 33.5 Å². The Labute approximate surface area is 223 Å². The van der Waals surface area contributed by atoms with Crippen LogP contribution in [-0.4, -0.2) is 35.9 Å². The van der Waals surface area contributed by atoms with Crippen LogP contribution in [0, 0.1) is 0 Å². The van der Waals surface area contributed by atoms with Crippen LogP contribution in [-0.2, 0) is 6.61 Å². The van der Waals surface area contributed by atoms with Gasteiger partial charge in [0.2, 0.25) is 4.96 Å². The fourth-order valence-electron chi connectivity index (χ4n) is 3.83. The first-order chi connectivity index (χ1) is 18.6. The summed E-state index contributed by atoms with van der Waals surface area (Å²) in [6, 6.07) is 21.1. The highest BCUT2D eigenvalue weighted by Gasteiger charge is 2.11. The maximum atomic E-state index is 13.0. The third-order valence-corrected chi connectivity index (χ3v) is 6.71. The predicted octanol–water partition coefficient (Wildman–Crippen LogP) is 4.47. The summed E-state index contributed by atoms with van der Waals surface area (Å²) in [6.07, 6.45) is 5.40. The van der Waals surface area contributed by atoms with E-state index < -0.39 is 0 Å². The minimum atomic E-state index is -0.230. The summed E-state index contributed by atoms with van der Waals surface area (Å²) < 4.78 is 23.9. The van der Waals surface area contributed by atoms with Gasteiger partial charge in [0.15, 0.2) is 28.8 Å². The molecule has 0 radical (unpaired) electrons. The van der Waals surface area contributed by atoms with Gasteiger partial charge in [-0.25, -0.2) is 0 Å². The Morgan fingerprint density at radius 2 is 1.50 bits per heavy atom. The van der Waals surface area contributed by atoms with Crippen molar-refractivity contribution in [1.29, 1.82) is 0 Å². The smallest absolute Gasteiger partial charge is 0.291 e. The van der Waals surface area contributed by atoms with Gasteiger partial charge in [-0.05, 0) is 53.1 Å². The monoisotopic (exact) mass is 527 g/mol. The first kappa shape index (κ1) is 25.0. The molecule has 2 heterocycles. The number of benzene rings is 3. The third-order valence-electron chi connectivity index (χ3n) is 5.75. The molecular weight excluding hydrogens is 502 g/mol. The Morgan fingerprint density at radius 3 is 2.24 bits per heavy atom. The van der Waals surface area contributed by atoms with Crippen molar-refractivity contribution in [3.8, 4) is 23.0 Å². The average Bonchev–Trinajstić information content (AvgIpc) is 3.49. The Morgan fingerprint density at radius 1 is 0.816 bits per heavy atom. The Hall–Kier alpha value is -4.63. The summed E-state index contributed by atoms with van der Waals surface area (Å²) in [5, 5.41) is 4.36. The van der Waals surface area contributed by atoms with E-state index in [0.717, 1.165) is 16.7 Å². The Balaban J connectivity index is 1.36. The van der Waals surface area contributed by atoms with Crippen molar-refractivity contribution in [3.63, 3.8) is 0 Å². The molecule has 9 heteroatoms. The Bertz CT molecular complexity index is 1710. The largest absolute Gasteiger partial charge is 0.493 e. The average molecular weight is 528 g/mol. The Kier molecular flexibility index (Phi) is 7.37. The van der Waals surface area contributed by atoms with Crippen LogP contribution in [0.5, 0.6) is 23.0 Å². The molecule has 8 nitrogen and oxygen atoms in total. The highest BCUT2D eigenvalue weighted by molar-refractivity contribution is 7.15. The second-order valence-corrected chi connectivity index (χ2v) is 9.22. The molecule has 5 aromatic rings. The minimum absolute atomic E-state index is 0.230. The summed E-state index contributed by atoms with van der Waals surface area (Å²) in [6.45, 7) is 0.432. The van der Waals surface area contributed by atoms with Crippen molar-refractivity contribution in [2.75, 3.05) is 21.3 Å². The van der Waals surface area contributed by atoms with Crippen molar-refractivity contribution >= 4 is 34.5 Å². The number of hydrogen-bond donors (Lipinski definition) is 0. The number of hydrogen-bond acceptors (Lipinski definition) is 8. The van der Waals surface area contributed by atoms with E-state index >= 15 is 0 Å². The van der Waals surface area contributed by atoms with Gasteiger partial charge in [0.25, 0.3) is 5.56 Å². The van der Waals surface area contributed by atoms with Gasteiger partial charge in [-0.2, -0.15) is 9.50 Å². The number of nitrogens with zero attached hydrogens (tertiary/aromatic N) is 3. The standard InChI is InChI=1S/C29H25N3O5S/c1-34-22-12-9-19(15-24(22)35-2)11-14-27-30-29-32(31-27)28(33)26(38-29)17-21-10-13-23(25(16-21)36-3)37-18-20-7-5-4-6-8-20/h4-17H,18H2,1-3H3/b14-11+,26-17-. The molecular formula is C29H25N3O5S. The molecule has 0 amide bonds. The molecule has 0 aliphatic heterocycles. The molecule has 38 heavy (non-hydrogen) atoms. The van der Waals surface area contributed by atoms with Crippen LogP contribution >= 0.6 is 11.3 Å². The lowest BCUT2D eigenvalue weighted by Crippen LogP contribution is -2.23. The van der Waals surface area contributed by atoms with Crippen molar-refractivity contribution in [1.82, 2.24) is 14.6 Å². The summed E-state index contributed by atoms with van der Waals surface area (Å²) in [5.41, 5.74) is 2.53. The molecule has 0 saturated carbocycles. The van der Waals surface area contributed by atoms with Gasteiger partial charge in [0.05, 0.1) is 25.9 Å². The molecule has 0 unspecified atom stereocenters. The lowest BCUT2D eigenvalue weighted by atomic mass is 10.2. The van der Waals surface area contributed by atoms with Gasteiger partial charge >= 0.3 is 0 Å². The van der Waals surface area contributed by atoms with Gasteiger partial charge in [-0.1, -0.05) is 59.9 Å². The van der Waals surface area contributed by atoms with E-state index in [9.17, 15) is 4.79 Å². The number of fused-ring (bicyclic) bond motifs is 1. The molecule has 3 aromatic carbocycles. The molecule has 0 fully saturated rings. The molecule has 0 saturated heterocycles. The zero-order chi connectivity index (χ0) is 26.5. The molecule has 0 aliphatic carbocycles. The van der Waals surface area contributed by atoms with Crippen LogP contribution in [0.2, 0.25) is 0 Å². The molecule has 0 spiro atoms. The summed E-state index contributed by atoms with van der Waals surface area (Å²) in [5.74, 6) is 2.93. The van der Waals surface area contributed by atoms with Gasteiger partial charge in [-0.15, -0.1) is 5.10 Å². The van der Waals surface area contributed by atoms with E-state index in [4.69, 9.17) is 18.9 Å². The molecule has 0 bridgehead atoms. The number of methoxy groups -OCH3 is 3. The predicted molar refractivity (Wildman–Crippen MR) is 148 cm³/mol. The second kappa shape index (κ2) is 11.2. The zero-order valence-electron chi connectivity index (χ0n) is 21.1. The van der Waals surface area contributed by atoms with Crippen molar-refractivity contribution in [2.45, 2.75) is 6.61 Å². The number of rotatable bonds is 9. The molecule has 5 rings (SSSR count). The van der Waals surface area contributed by atoms with Crippen LogP contribution < -0.4 is 29.0 Å². The van der Waals surface area contributed by atoms with E-state index in [-0.39, 0.29) is 5.56 Å². The number of aromatic nitrogens is 3. The first-order valence-electron chi connectivity index (χ1n) is 11.7. The van der Waals surface area contributed by atoms with E-state index in [1.165, 1.54) is 15.9 Å². The normalized spacial score (nSPS) is 11.8. The molecule has 0 N–H and O–H groups in total. The minimum Gasteiger partial charge on any atom is -0.493 e. The zero-order valence-corrected chi connectivity index (χ0v) is 21.9. The maximum absolute atomic E-state index is 13.0. The van der Waals surface area contributed by atoms with E-state index in [2.05, 4.69) is 10.1 Å². The summed E-state index contributed by atoms with van der Waals surface area (Å²) >= 11 is 1.28. The van der Waals surface area contributed by atoms with E-state index in [1.807, 2.05) is 72.8 Å². The fraction of sp³-hybridized carbons (Fsp3) is 0.138. The van der Waals surface area contributed by atoms with Crippen LogP contribution in [0.1, 0.15) is 22.5 Å². The number of ether oxygens (including phenoxy) is 4. The topological polar surface area (TPSA) is 84.2 Å². The van der Waals surface area contributed by atoms with Gasteiger partial charge < -0.3 is 18.9 Å². The lowest BCUT2D eigenvalue weighted by Gasteiger charge is -2.11. The molecule has 192 valence electrons.